The number of nitrogens with one attached hydrogen (secondary N) is 1. The van der Waals surface area contributed by atoms with Crippen molar-refractivity contribution in [3.8, 4) is 0 Å². The lowest BCUT2D eigenvalue weighted by atomic mass is 10.1. The summed E-state index contributed by atoms with van der Waals surface area (Å²) < 4.78 is 0. The fraction of sp³-hybridized carbons (Fsp3) is 0.500. The second kappa shape index (κ2) is 4.37. The molecule has 1 unspecified atom stereocenters. The number of hydrogen-bond donors (Lipinski definition) is 1. The van der Waals surface area contributed by atoms with Crippen LogP contribution in [0.1, 0.15) is 25.5 Å². The van der Waals surface area contributed by atoms with E-state index in [0.29, 0.717) is 6.04 Å². The molecule has 1 aliphatic rings. The lowest BCUT2D eigenvalue weighted by Gasteiger charge is -2.14. The normalized spacial score (nSPS) is 20.1. The first-order valence-electron chi connectivity index (χ1n) is 5.22. The number of benzene rings is 1. The predicted octanol–water partition coefficient (Wildman–Crippen LogP) is 3.08. The molecule has 1 aromatic carbocycles. The van der Waals surface area contributed by atoms with Crippen molar-refractivity contribution < 1.29 is 0 Å². The van der Waals surface area contributed by atoms with E-state index in [4.69, 9.17) is 0 Å². The molecule has 0 bridgehead atoms. The van der Waals surface area contributed by atoms with Gasteiger partial charge in [-0.25, -0.2) is 0 Å². The molecule has 0 saturated carbocycles. The highest BCUT2D eigenvalue weighted by Gasteiger charge is 2.21. The van der Waals surface area contributed by atoms with Crippen LogP contribution in [0.15, 0.2) is 29.2 Å². The van der Waals surface area contributed by atoms with Crippen LogP contribution < -0.4 is 5.32 Å². The molecular weight excluding hydrogens is 190 g/mol. The third-order valence-electron chi connectivity index (χ3n) is 2.47. The lowest BCUT2D eigenvalue weighted by molar-refractivity contribution is 0.501. The van der Waals surface area contributed by atoms with Gasteiger partial charge in [-0.1, -0.05) is 32.0 Å². The van der Waals surface area contributed by atoms with Crippen LogP contribution in [0.25, 0.3) is 0 Å². The van der Waals surface area contributed by atoms with Crippen molar-refractivity contribution in [1.29, 1.82) is 0 Å². The summed E-state index contributed by atoms with van der Waals surface area (Å²) in [6.07, 6.45) is 0. The Labute approximate surface area is 90.3 Å². The van der Waals surface area contributed by atoms with Gasteiger partial charge in [0.15, 0.2) is 0 Å². The Morgan fingerprint density at radius 3 is 3.00 bits per heavy atom. The minimum atomic E-state index is 0.568. The summed E-state index contributed by atoms with van der Waals surface area (Å²) in [6.45, 7) is 5.61. The van der Waals surface area contributed by atoms with E-state index in [1.54, 1.807) is 0 Å². The van der Waals surface area contributed by atoms with Gasteiger partial charge in [-0.3, -0.25) is 0 Å². The van der Waals surface area contributed by atoms with Gasteiger partial charge in [-0.15, -0.1) is 11.8 Å². The Bertz CT molecular complexity index is 309. The van der Waals surface area contributed by atoms with Crippen molar-refractivity contribution in [1.82, 2.24) is 5.32 Å². The Hall–Kier alpha value is -0.470. The van der Waals surface area contributed by atoms with Crippen molar-refractivity contribution in [3.63, 3.8) is 0 Å². The molecule has 0 radical (unpaired) electrons. The van der Waals surface area contributed by atoms with Crippen molar-refractivity contribution >= 4 is 11.8 Å². The van der Waals surface area contributed by atoms with Gasteiger partial charge in [-0.05, 0) is 24.1 Å². The number of rotatable bonds is 3. The third kappa shape index (κ3) is 2.12. The highest BCUT2D eigenvalue weighted by Crippen LogP contribution is 2.37. The van der Waals surface area contributed by atoms with E-state index in [9.17, 15) is 0 Å². The van der Waals surface area contributed by atoms with Crippen LogP contribution >= 0.6 is 11.8 Å². The molecule has 0 aromatic heterocycles. The molecule has 2 heteroatoms. The largest absolute Gasteiger partial charge is 0.309 e. The zero-order valence-electron chi connectivity index (χ0n) is 8.79. The Balaban J connectivity index is 2.03. The van der Waals surface area contributed by atoms with Gasteiger partial charge in [0.05, 0.1) is 0 Å². The summed E-state index contributed by atoms with van der Waals surface area (Å²) in [6, 6.07) is 9.29. The average molecular weight is 207 g/mol. The van der Waals surface area contributed by atoms with Gasteiger partial charge in [-0.2, -0.15) is 0 Å². The van der Waals surface area contributed by atoms with E-state index in [1.807, 2.05) is 11.8 Å². The highest BCUT2D eigenvalue weighted by molar-refractivity contribution is 7.99. The summed E-state index contributed by atoms with van der Waals surface area (Å²) in [5, 5.41) is 3.62. The second-order valence-electron chi connectivity index (χ2n) is 4.20. The summed E-state index contributed by atoms with van der Waals surface area (Å²) in [7, 11) is 0. The quantitative estimate of drug-likeness (QED) is 0.817. The zero-order valence-corrected chi connectivity index (χ0v) is 9.60. The van der Waals surface area contributed by atoms with Crippen molar-refractivity contribution in [2.75, 3.05) is 12.3 Å². The number of thioether (sulfide) groups is 1. The van der Waals surface area contributed by atoms with Gasteiger partial charge in [0.25, 0.3) is 0 Å². The van der Waals surface area contributed by atoms with E-state index in [1.165, 1.54) is 16.2 Å². The summed E-state index contributed by atoms with van der Waals surface area (Å²) in [5.74, 6) is 1.92. The molecule has 76 valence electrons. The van der Waals surface area contributed by atoms with Crippen LogP contribution in [0.3, 0.4) is 0 Å². The van der Waals surface area contributed by atoms with E-state index in [0.717, 1.165) is 12.5 Å². The lowest BCUT2D eigenvalue weighted by Crippen LogP contribution is -2.25. The Morgan fingerprint density at radius 1 is 1.43 bits per heavy atom. The molecule has 1 N–H and O–H groups in total. The molecule has 0 fully saturated rings. The maximum Gasteiger partial charge on any atom is 0.0426 e. The topological polar surface area (TPSA) is 12.0 Å². The van der Waals surface area contributed by atoms with Crippen LogP contribution in [0.4, 0.5) is 0 Å². The molecular formula is C12H17NS. The first-order chi connectivity index (χ1) is 6.77. The summed E-state index contributed by atoms with van der Waals surface area (Å²) in [5.41, 5.74) is 1.48. The monoisotopic (exact) mass is 207 g/mol. The van der Waals surface area contributed by atoms with Crippen LogP contribution in [0.5, 0.6) is 0 Å². The minimum absolute atomic E-state index is 0.568. The Morgan fingerprint density at radius 2 is 2.21 bits per heavy atom. The van der Waals surface area contributed by atoms with Gasteiger partial charge >= 0.3 is 0 Å². The number of hydrogen-bond acceptors (Lipinski definition) is 2. The molecule has 0 spiro atoms. The maximum atomic E-state index is 3.62. The summed E-state index contributed by atoms with van der Waals surface area (Å²) >= 11 is 1.97. The first kappa shape index (κ1) is 10.1. The molecule has 1 heterocycles. The molecule has 1 nitrogen and oxygen atoms in total. The van der Waals surface area contributed by atoms with E-state index in [-0.39, 0.29) is 0 Å². The van der Waals surface area contributed by atoms with Crippen LogP contribution in [-0.4, -0.2) is 12.3 Å². The molecule has 0 saturated heterocycles. The Kier molecular flexibility index (Phi) is 3.14. The molecule has 14 heavy (non-hydrogen) atoms. The minimum Gasteiger partial charge on any atom is -0.309 e. The standard InChI is InChI=1S/C12H17NS/c1-9(2)7-13-11-8-14-12-6-4-3-5-10(11)12/h3-6,9,11,13H,7-8H2,1-2H3. The van der Waals surface area contributed by atoms with Crippen molar-refractivity contribution in [2.24, 2.45) is 5.92 Å². The van der Waals surface area contributed by atoms with Gasteiger partial charge in [0, 0.05) is 16.7 Å². The van der Waals surface area contributed by atoms with Crippen LogP contribution in [0.2, 0.25) is 0 Å². The van der Waals surface area contributed by atoms with Crippen LogP contribution in [-0.2, 0) is 0 Å². The van der Waals surface area contributed by atoms with E-state index < -0.39 is 0 Å². The molecule has 0 amide bonds. The highest BCUT2D eigenvalue weighted by atomic mass is 32.2. The third-order valence-corrected chi connectivity index (χ3v) is 3.66. The molecule has 1 aliphatic heterocycles. The summed E-state index contributed by atoms with van der Waals surface area (Å²) in [4.78, 5) is 1.45. The van der Waals surface area contributed by atoms with Gasteiger partial charge in [0.2, 0.25) is 0 Å². The fourth-order valence-corrected chi connectivity index (χ4v) is 2.90. The average Bonchev–Trinajstić information content (AvgIpc) is 2.58. The fourth-order valence-electron chi connectivity index (χ4n) is 1.71. The van der Waals surface area contributed by atoms with Crippen molar-refractivity contribution in [3.05, 3.63) is 29.8 Å². The molecule has 1 aromatic rings. The SMILES string of the molecule is CC(C)CNC1CSc2ccccc21. The number of fused-ring (bicyclic) bond motifs is 1. The predicted molar refractivity (Wildman–Crippen MR) is 62.7 cm³/mol. The van der Waals surface area contributed by atoms with Crippen molar-refractivity contribution in [2.45, 2.75) is 24.8 Å². The van der Waals surface area contributed by atoms with Gasteiger partial charge < -0.3 is 5.32 Å². The first-order valence-corrected chi connectivity index (χ1v) is 6.21. The molecule has 0 aliphatic carbocycles. The van der Waals surface area contributed by atoms with Crippen LogP contribution in [0, 0.1) is 5.92 Å². The van der Waals surface area contributed by atoms with Gasteiger partial charge in [0.1, 0.15) is 0 Å². The molecule has 2 rings (SSSR count). The second-order valence-corrected chi connectivity index (χ2v) is 5.27. The van der Waals surface area contributed by atoms with E-state index >= 15 is 0 Å². The maximum absolute atomic E-state index is 3.62. The zero-order chi connectivity index (χ0) is 9.97. The van der Waals surface area contributed by atoms with E-state index in [2.05, 4.69) is 43.4 Å². The molecule has 1 atom stereocenters. The smallest absolute Gasteiger partial charge is 0.0426 e.